The molecule has 0 aliphatic carbocycles. The lowest BCUT2D eigenvalue weighted by Gasteiger charge is -2.14. The van der Waals surface area contributed by atoms with E-state index >= 15 is 0 Å². The number of nitrogens with zero attached hydrogens (tertiary/aromatic N) is 3. The molecule has 1 unspecified atom stereocenters. The first kappa shape index (κ1) is 18.4. The summed E-state index contributed by atoms with van der Waals surface area (Å²) in [5, 5.41) is 7.15. The Bertz CT molecular complexity index is 862. The Balaban J connectivity index is 1.50. The van der Waals surface area contributed by atoms with Crippen LogP contribution < -0.4 is 14.8 Å². The molecule has 0 bridgehead atoms. The van der Waals surface area contributed by atoms with E-state index in [9.17, 15) is 4.79 Å². The SMILES string of the molecule is COc1ccc(OC(C)C(=O)Nc2ccn(CCc3ccncc3)n2)cc1. The maximum Gasteiger partial charge on any atom is 0.266 e. The highest BCUT2D eigenvalue weighted by atomic mass is 16.5. The summed E-state index contributed by atoms with van der Waals surface area (Å²) in [6.07, 6.45) is 5.57. The van der Waals surface area contributed by atoms with Gasteiger partial charge in [0.25, 0.3) is 5.91 Å². The van der Waals surface area contributed by atoms with E-state index in [1.54, 1.807) is 61.4 Å². The van der Waals surface area contributed by atoms with Crippen LogP contribution in [-0.4, -0.2) is 33.9 Å². The van der Waals surface area contributed by atoms with Crippen molar-refractivity contribution in [2.24, 2.45) is 0 Å². The van der Waals surface area contributed by atoms with E-state index in [1.165, 1.54) is 5.56 Å². The molecule has 1 amide bonds. The summed E-state index contributed by atoms with van der Waals surface area (Å²) in [6.45, 7) is 2.41. The smallest absolute Gasteiger partial charge is 0.266 e. The number of carbonyl (C=O) groups excluding carboxylic acids is 1. The number of aryl methyl sites for hydroxylation is 2. The van der Waals surface area contributed by atoms with Crippen LogP contribution in [0.25, 0.3) is 0 Å². The molecular formula is C20H22N4O3. The average Bonchev–Trinajstić information content (AvgIpc) is 3.15. The van der Waals surface area contributed by atoms with E-state index in [0.717, 1.165) is 18.7 Å². The normalized spacial score (nSPS) is 11.6. The zero-order valence-electron chi connectivity index (χ0n) is 15.3. The number of anilines is 1. The van der Waals surface area contributed by atoms with Gasteiger partial charge in [0, 0.05) is 31.2 Å². The van der Waals surface area contributed by atoms with E-state index in [2.05, 4.69) is 15.4 Å². The van der Waals surface area contributed by atoms with E-state index in [0.29, 0.717) is 11.6 Å². The molecule has 27 heavy (non-hydrogen) atoms. The van der Waals surface area contributed by atoms with Gasteiger partial charge in [0.15, 0.2) is 11.9 Å². The molecule has 7 nitrogen and oxygen atoms in total. The van der Waals surface area contributed by atoms with Crippen molar-refractivity contribution in [3.63, 3.8) is 0 Å². The van der Waals surface area contributed by atoms with Gasteiger partial charge >= 0.3 is 0 Å². The second-order valence-corrected chi connectivity index (χ2v) is 5.99. The maximum atomic E-state index is 12.3. The number of carbonyl (C=O) groups is 1. The van der Waals surface area contributed by atoms with Gasteiger partial charge in [-0.3, -0.25) is 14.5 Å². The van der Waals surface area contributed by atoms with Crippen molar-refractivity contribution in [3.8, 4) is 11.5 Å². The van der Waals surface area contributed by atoms with Gasteiger partial charge in [-0.25, -0.2) is 0 Å². The first-order valence-electron chi connectivity index (χ1n) is 8.68. The Labute approximate surface area is 158 Å². The molecule has 0 aliphatic rings. The quantitative estimate of drug-likeness (QED) is 0.663. The van der Waals surface area contributed by atoms with Crippen molar-refractivity contribution in [1.82, 2.24) is 14.8 Å². The first-order valence-corrected chi connectivity index (χ1v) is 8.68. The second kappa shape index (κ2) is 8.84. The lowest BCUT2D eigenvalue weighted by atomic mass is 10.2. The van der Waals surface area contributed by atoms with Gasteiger partial charge < -0.3 is 14.8 Å². The van der Waals surface area contributed by atoms with Crippen LogP contribution in [0.3, 0.4) is 0 Å². The Hall–Kier alpha value is -3.35. The van der Waals surface area contributed by atoms with Crippen molar-refractivity contribution in [1.29, 1.82) is 0 Å². The lowest BCUT2D eigenvalue weighted by Crippen LogP contribution is -2.30. The zero-order valence-corrected chi connectivity index (χ0v) is 15.3. The number of aromatic nitrogens is 3. The predicted molar refractivity (Wildman–Crippen MR) is 102 cm³/mol. The first-order chi connectivity index (χ1) is 13.1. The molecule has 0 aliphatic heterocycles. The zero-order chi connectivity index (χ0) is 19.1. The highest BCUT2D eigenvalue weighted by molar-refractivity contribution is 5.93. The van der Waals surface area contributed by atoms with E-state index in [1.807, 2.05) is 18.3 Å². The van der Waals surface area contributed by atoms with Crippen LogP contribution in [0.1, 0.15) is 12.5 Å². The minimum Gasteiger partial charge on any atom is -0.497 e. The van der Waals surface area contributed by atoms with Crippen LogP contribution in [0, 0.1) is 0 Å². The fraction of sp³-hybridized carbons (Fsp3) is 0.250. The van der Waals surface area contributed by atoms with E-state index < -0.39 is 6.10 Å². The van der Waals surface area contributed by atoms with Gasteiger partial charge in [-0.1, -0.05) is 0 Å². The number of nitrogens with one attached hydrogen (secondary N) is 1. The summed E-state index contributed by atoms with van der Waals surface area (Å²) < 4.78 is 12.6. The Morgan fingerprint density at radius 2 is 1.81 bits per heavy atom. The van der Waals surface area contributed by atoms with Crippen LogP contribution >= 0.6 is 0 Å². The molecule has 0 fully saturated rings. The van der Waals surface area contributed by atoms with Gasteiger partial charge in [0.2, 0.25) is 0 Å². The highest BCUT2D eigenvalue weighted by Gasteiger charge is 2.16. The summed E-state index contributed by atoms with van der Waals surface area (Å²) in [5.41, 5.74) is 1.19. The van der Waals surface area contributed by atoms with Crippen molar-refractivity contribution in [3.05, 3.63) is 66.6 Å². The second-order valence-electron chi connectivity index (χ2n) is 5.99. The molecule has 3 aromatic rings. The lowest BCUT2D eigenvalue weighted by molar-refractivity contribution is -0.122. The topological polar surface area (TPSA) is 78.3 Å². The number of pyridine rings is 1. The Morgan fingerprint density at radius 1 is 1.11 bits per heavy atom. The predicted octanol–water partition coefficient (Wildman–Crippen LogP) is 2.94. The van der Waals surface area contributed by atoms with Crippen molar-refractivity contribution in [2.75, 3.05) is 12.4 Å². The number of benzene rings is 1. The molecule has 0 saturated heterocycles. The van der Waals surface area contributed by atoms with Gasteiger partial charge in [-0.2, -0.15) is 5.10 Å². The number of ether oxygens (including phenoxy) is 2. The van der Waals surface area contributed by atoms with Gasteiger partial charge in [0.1, 0.15) is 11.5 Å². The molecule has 1 atom stereocenters. The molecule has 0 spiro atoms. The van der Waals surface area contributed by atoms with Crippen LogP contribution in [0.5, 0.6) is 11.5 Å². The summed E-state index contributed by atoms with van der Waals surface area (Å²) in [7, 11) is 1.60. The van der Waals surface area contributed by atoms with Gasteiger partial charge in [-0.05, 0) is 55.3 Å². The molecule has 1 N–H and O–H groups in total. The number of hydrogen-bond acceptors (Lipinski definition) is 5. The number of amides is 1. The summed E-state index contributed by atoms with van der Waals surface area (Å²) in [5.74, 6) is 1.57. The third kappa shape index (κ3) is 5.31. The highest BCUT2D eigenvalue weighted by Crippen LogP contribution is 2.18. The van der Waals surface area contributed by atoms with Crippen molar-refractivity contribution in [2.45, 2.75) is 26.0 Å². The molecule has 1 aromatic carbocycles. The molecule has 0 saturated carbocycles. The van der Waals surface area contributed by atoms with Crippen LogP contribution in [-0.2, 0) is 17.8 Å². The maximum absolute atomic E-state index is 12.3. The minimum atomic E-state index is -0.652. The minimum absolute atomic E-state index is 0.259. The largest absolute Gasteiger partial charge is 0.497 e. The van der Waals surface area contributed by atoms with Crippen molar-refractivity contribution < 1.29 is 14.3 Å². The molecule has 2 heterocycles. The summed E-state index contributed by atoms with van der Waals surface area (Å²) in [4.78, 5) is 16.3. The van der Waals surface area contributed by atoms with Gasteiger partial charge in [0.05, 0.1) is 7.11 Å². The van der Waals surface area contributed by atoms with Crippen LogP contribution in [0.15, 0.2) is 61.1 Å². The third-order valence-corrected chi connectivity index (χ3v) is 4.01. The number of methoxy groups -OCH3 is 1. The molecule has 3 rings (SSSR count). The van der Waals surface area contributed by atoms with Crippen molar-refractivity contribution >= 4 is 11.7 Å². The molecule has 140 valence electrons. The van der Waals surface area contributed by atoms with Gasteiger partial charge in [-0.15, -0.1) is 0 Å². The third-order valence-electron chi connectivity index (χ3n) is 4.01. The fourth-order valence-electron chi connectivity index (χ4n) is 2.49. The summed E-state index contributed by atoms with van der Waals surface area (Å²) >= 11 is 0. The standard InChI is InChI=1S/C20H22N4O3/c1-15(27-18-5-3-17(26-2)4-6-18)20(25)22-19-10-14-24(23-19)13-9-16-7-11-21-12-8-16/h3-8,10-12,14-15H,9,13H2,1-2H3,(H,22,23,25). The Kier molecular flexibility index (Phi) is 6.04. The van der Waals surface area contributed by atoms with Crippen LogP contribution in [0.4, 0.5) is 5.82 Å². The fourth-order valence-corrected chi connectivity index (χ4v) is 2.49. The molecule has 0 radical (unpaired) electrons. The van der Waals surface area contributed by atoms with E-state index in [-0.39, 0.29) is 5.91 Å². The number of hydrogen-bond donors (Lipinski definition) is 1. The molecule has 7 heteroatoms. The summed E-state index contributed by atoms with van der Waals surface area (Å²) in [6, 6.07) is 12.8. The van der Waals surface area contributed by atoms with Crippen LogP contribution in [0.2, 0.25) is 0 Å². The Morgan fingerprint density at radius 3 is 2.52 bits per heavy atom. The molecule has 2 aromatic heterocycles. The average molecular weight is 366 g/mol. The van der Waals surface area contributed by atoms with E-state index in [4.69, 9.17) is 9.47 Å². The molecular weight excluding hydrogens is 344 g/mol. The monoisotopic (exact) mass is 366 g/mol. The number of rotatable bonds is 8.